The highest BCUT2D eigenvalue weighted by Gasteiger charge is 2.25. The van der Waals surface area contributed by atoms with Gasteiger partial charge >= 0.3 is 0 Å². The highest BCUT2D eigenvalue weighted by Crippen LogP contribution is 2.28. The van der Waals surface area contributed by atoms with Crippen LogP contribution in [0.4, 0.5) is 5.69 Å². The number of rotatable bonds is 3. The van der Waals surface area contributed by atoms with E-state index in [1.165, 1.54) is 5.69 Å². The van der Waals surface area contributed by atoms with Crippen LogP contribution in [0.3, 0.4) is 0 Å². The number of benzene rings is 1. The molecular formula is C14H19NO2. The Morgan fingerprint density at radius 2 is 2.06 bits per heavy atom. The lowest BCUT2D eigenvalue weighted by molar-refractivity contribution is -0.111. The molecule has 0 spiro atoms. The molecule has 2 rings (SSSR count). The van der Waals surface area contributed by atoms with Gasteiger partial charge in [0.15, 0.2) is 0 Å². The molecule has 0 saturated carbocycles. The van der Waals surface area contributed by atoms with Crippen LogP contribution in [-0.2, 0) is 4.79 Å². The molecule has 1 heterocycles. The van der Waals surface area contributed by atoms with E-state index in [0.717, 1.165) is 31.4 Å². The van der Waals surface area contributed by atoms with E-state index in [4.69, 9.17) is 4.74 Å². The second-order valence-electron chi connectivity index (χ2n) is 4.66. The summed E-state index contributed by atoms with van der Waals surface area (Å²) >= 11 is 0. The summed E-state index contributed by atoms with van der Waals surface area (Å²) < 4.78 is 5.15. The van der Waals surface area contributed by atoms with Gasteiger partial charge < -0.3 is 14.4 Å². The molecule has 0 radical (unpaired) electrons. The normalized spacial score (nSPS) is 24.5. The first-order chi connectivity index (χ1) is 8.24. The first kappa shape index (κ1) is 12.0. The molecule has 2 unspecified atom stereocenters. The van der Waals surface area contributed by atoms with Gasteiger partial charge in [-0.1, -0.05) is 0 Å². The Hall–Kier alpha value is -1.51. The Labute approximate surface area is 102 Å². The molecule has 0 bridgehead atoms. The maximum Gasteiger partial charge on any atom is 0.123 e. The lowest BCUT2D eigenvalue weighted by Gasteiger charge is -2.37. The molecule has 1 aliphatic heterocycles. The van der Waals surface area contributed by atoms with Crippen molar-refractivity contribution < 1.29 is 9.53 Å². The summed E-state index contributed by atoms with van der Waals surface area (Å²) in [6.07, 6.45) is 3.01. The van der Waals surface area contributed by atoms with E-state index in [1.807, 2.05) is 12.1 Å². The fourth-order valence-corrected chi connectivity index (χ4v) is 2.49. The number of carbonyl (C=O) groups excluding carboxylic acids is 1. The maximum atomic E-state index is 10.8. The van der Waals surface area contributed by atoms with Gasteiger partial charge in [0.1, 0.15) is 12.0 Å². The molecule has 1 aromatic carbocycles. The number of hydrogen-bond acceptors (Lipinski definition) is 3. The van der Waals surface area contributed by atoms with Gasteiger partial charge in [-0.25, -0.2) is 0 Å². The van der Waals surface area contributed by atoms with E-state index in [9.17, 15) is 4.79 Å². The van der Waals surface area contributed by atoms with E-state index >= 15 is 0 Å². The predicted molar refractivity (Wildman–Crippen MR) is 68.6 cm³/mol. The third-order valence-corrected chi connectivity index (χ3v) is 3.51. The highest BCUT2D eigenvalue weighted by atomic mass is 16.5. The van der Waals surface area contributed by atoms with Gasteiger partial charge in [-0.3, -0.25) is 0 Å². The molecule has 1 aromatic rings. The van der Waals surface area contributed by atoms with Crippen LogP contribution >= 0.6 is 0 Å². The Morgan fingerprint density at radius 3 is 2.59 bits per heavy atom. The van der Waals surface area contributed by atoms with Crippen molar-refractivity contribution in [1.29, 1.82) is 0 Å². The van der Waals surface area contributed by atoms with Crippen molar-refractivity contribution in [3.63, 3.8) is 0 Å². The number of carbonyl (C=O) groups is 1. The predicted octanol–water partition coefficient (Wildman–Crippen LogP) is 2.50. The van der Waals surface area contributed by atoms with Crippen molar-refractivity contribution in [1.82, 2.24) is 0 Å². The molecule has 2 atom stereocenters. The quantitative estimate of drug-likeness (QED) is 0.751. The zero-order valence-corrected chi connectivity index (χ0v) is 10.4. The first-order valence-electron chi connectivity index (χ1n) is 6.10. The number of anilines is 1. The summed E-state index contributed by atoms with van der Waals surface area (Å²) in [7, 11) is 1.67. The Balaban J connectivity index is 2.09. The number of ether oxygens (including phenoxy) is 1. The molecule has 3 nitrogen and oxygen atoms in total. The van der Waals surface area contributed by atoms with Crippen LogP contribution < -0.4 is 9.64 Å². The highest BCUT2D eigenvalue weighted by molar-refractivity contribution is 5.56. The minimum Gasteiger partial charge on any atom is -0.497 e. The van der Waals surface area contributed by atoms with Gasteiger partial charge in [-0.05, 0) is 44.0 Å². The van der Waals surface area contributed by atoms with E-state index in [0.29, 0.717) is 6.04 Å². The molecule has 0 aliphatic carbocycles. The van der Waals surface area contributed by atoms with Gasteiger partial charge in [0.25, 0.3) is 0 Å². The van der Waals surface area contributed by atoms with Crippen molar-refractivity contribution >= 4 is 12.0 Å². The zero-order valence-electron chi connectivity index (χ0n) is 10.4. The molecule has 0 amide bonds. The third-order valence-electron chi connectivity index (χ3n) is 3.51. The average molecular weight is 233 g/mol. The van der Waals surface area contributed by atoms with E-state index in [2.05, 4.69) is 24.0 Å². The Morgan fingerprint density at radius 1 is 1.35 bits per heavy atom. The van der Waals surface area contributed by atoms with Crippen LogP contribution in [0.2, 0.25) is 0 Å². The van der Waals surface area contributed by atoms with Crippen molar-refractivity contribution in [3.05, 3.63) is 24.3 Å². The molecule has 1 aliphatic rings. The van der Waals surface area contributed by atoms with Crippen LogP contribution in [0.25, 0.3) is 0 Å². The number of piperidine rings is 1. The van der Waals surface area contributed by atoms with Gasteiger partial charge in [0.05, 0.1) is 7.11 Å². The molecular weight excluding hydrogens is 214 g/mol. The monoisotopic (exact) mass is 233 g/mol. The number of nitrogens with zero attached hydrogens (tertiary/aromatic N) is 1. The molecule has 3 heteroatoms. The van der Waals surface area contributed by atoms with Crippen molar-refractivity contribution in [2.75, 3.05) is 18.6 Å². The molecule has 1 fully saturated rings. The van der Waals surface area contributed by atoms with Crippen molar-refractivity contribution in [2.45, 2.75) is 25.8 Å². The van der Waals surface area contributed by atoms with Crippen LogP contribution in [0, 0.1) is 5.92 Å². The van der Waals surface area contributed by atoms with Crippen molar-refractivity contribution in [2.24, 2.45) is 5.92 Å². The molecule has 92 valence electrons. The number of hydrogen-bond donors (Lipinski definition) is 0. The minimum atomic E-state index is 0.236. The molecule has 0 aromatic heterocycles. The summed E-state index contributed by atoms with van der Waals surface area (Å²) in [4.78, 5) is 13.2. The maximum absolute atomic E-state index is 10.8. The van der Waals surface area contributed by atoms with Gasteiger partial charge in [-0.2, -0.15) is 0 Å². The fraction of sp³-hybridized carbons (Fsp3) is 0.500. The molecule has 17 heavy (non-hydrogen) atoms. The first-order valence-corrected chi connectivity index (χ1v) is 6.10. The van der Waals surface area contributed by atoms with Crippen LogP contribution in [0.15, 0.2) is 24.3 Å². The number of aldehydes is 1. The summed E-state index contributed by atoms with van der Waals surface area (Å²) in [6.45, 7) is 3.14. The summed E-state index contributed by atoms with van der Waals surface area (Å²) in [5, 5.41) is 0. The summed E-state index contributed by atoms with van der Waals surface area (Å²) in [5.41, 5.74) is 1.21. The standard InChI is InChI=1S/C14H19NO2/c1-11-9-12(10-16)7-8-15(11)13-3-5-14(17-2)6-4-13/h3-6,10-12H,7-9H2,1-2H3. The lowest BCUT2D eigenvalue weighted by atomic mass is 9.92. The van der Waals surface area contributed by atoms with Crippen LogP contribution in [-0.4, -0.2) is 26.0 Å². The Bertz CT molecular complexity index is 374. The zero-order chi connectivity index (χ0) is 12.3. The minimum absolute atomic E-state index is 0.236. The third kappa shape index (κ3) is 2.60. The molecule has 0 N–H and O–H groups in total. The Kier molecular flexibility index (Phi) is 3.67. The molecule has 1 saturated heterocycles. The smallest absolute Gasteiger partial charge is 0.123 e. The average Bonchev–Trinajstić information content (AvgIpc) is 2.39. The van der Waals surface area contributed by atoms with Gasteiger partial charge in [-0.15, -0.1) is 0 Å². The SMILES string of the molecule is COc1ccc(N2CCC(C=O)CC2C)cc1. The number of methoxy groups -OCH3 is 1. The second kappa shape index (κ2) is 5.21. The van der Waals surface area contributed by atoms with Crippen LogP contribution in [0.5, 0.6) is 5.75 Å². The van der Waals surface area contributed by atoms with E-state index < -0.39 is 0 Å². The lowest BCUT2D eigenvalue weighted by Crippen LogP contribution is -2.41. The van der Waals surface area contributed by atoms with Gasteiger partial charge in [0.2, 0.25) is 0 Å². The van der Waals surface area contributed by atoms with Crippen LogP contribution in [0.1, 0.15) is 19.8 Å². The topological polar surface area (TPSA) is 29.5 Å². The largest absolute Gasteiger partial charge is 0.497 e. The van der Waals surface area contributed by atoms with E-state index in [1.54, 1.807) is 7.11 Å². The fourth-order valence-electron chi connectivity index (χ4n) is 2.49. The second-order valence-corrected chi connectivity index (χ2v) is 4.66. The van der Waals surface area contributed by atoms with Crippen molar-refractivity contribution in [3.8, 4) is 5.75 Å². The summed E-state index contributed by atoms with van der Waals surface area (Å²) in [6, 6.07) is 8.54. The van der Waals surface area contributed by atoms with E-state index in [-0.39, 0.29) is 5.92 Å². The van der Waals surface area contributed by atoms with Gasteiger partial charge in [0, 0.05) is 24.2 Å². The summed E-state index contributed by atoms with van der Waals surface area (Å²) in [5.74, 6) is 1.11.